The van der Waals surface area contributed by atoms with Crippen LogP contribution in [0.5, 0.6) is 0 Å². The first kappa shape index (κ1) is 34.2. The van der Waals surface area contributed by atoms with Crippen LogP contribution in [0.15, 0.2) is 58.5 Å². The van der Waals surface area contributed by atoms with Crippen LogP contribution >= 0.6 is 0 Å². The maximum absolute atomic E-state index is 13.5. The maximum atomic E-state index is 13.5. The second kappa shape index (κ2) is 15.9. The molecule has 11 heteroatoms. The number of nitrogens with one attached hydrogen (secondary N) is 2. The van der Waals surface area contributed by atoms with Crippen molar-refractivity contribution < 1.29 is 38.5 Å². The summed E-state index contributed by atoms with van der Waals surface area (Å²) in [5.41, 5.74) is 6.25. The third-order valence-corrected chi connectivity index (χ3v) is 7.16. The van der Waals surface area contributed by atoms with Crippen molar-refractivity contribution >= 4 is 23.6 Å². The number of hydrogen-bond acceptors (Lipinski definition) is 9. The highest BCUT2D eigenvalue weighted by molar-refractivity contribution is 6.23. The van der Waals surface area contributed by atoms with Crippen molar-refractivity contribution in [1.29, 1.82) is 0 Å². The van der Waals surface area contributed by atoms with Crippen LogP contribution in [0.3, 0.4) is 0 Å². The summed E-state index contributed by atoms with van der Waals surface area (Å²) in [5, 5.41) is 16.6. The Labute approximate surface area is 246 Å². The molecule has 1 aliphatic heterocycles. The highest BCUT2D eigenvalue weighted by atomic mass is 16.6. The molecule has 6 atom stereocenters. The molecule has 11 nitrogen and oxygen atoms in total. The van der Waals surface area contributed by atoms with Crippen molar-refractivity contribution in [3.05, 3.63) is 58.5 Å². The smallest absolute Gasteiger partial charge is 0.405 e. The largest absolute Gasteiger partial charge is 0.439 e. The van der Waals surface area contributed by atoms with Crippen molar-refractivity contribution in [2.75, 3.05) is 20.8 Å². The summed E-state index contributed by atoms with van der Waals surface area (Å²) in [6.07, 6.45) is 8.96. The van der Waals surface area contributed by atoms with Crippen LogP contribution in [0, 0.1) is 24.2 Å². The number of aliphatic hydroxyl groups is 1. The molecule has 5 N–H and O–H groups in total. The van der Waals surface area contributed by atoms with E-state index in [2.05, 4.69) is 16.6 Å². The monoisotopic (exact) mass is 583 g/mol. The summed E-state index contributed by atoms with van der Waals surface area (Å²) in [6.45, 7) is 6.95. The minimum atomic E-state index is -1.01. The van der Waals surface area contributed by atoms with Crippen LogP contribution < -0.4 is 16.4 Å². The van der Waals surface area contributed by atoms with Gasteiger partial charge in [-0.05, 0) is 38.2 Å². The van der Waals surface area contributed by atoms with Crippen LogP contribution in [-0.4, -0.2) is 73.9 Å². The predicted molar refractivity (Wildman–Crippen MR) is 156 cm³/mol. The molecule has 0 saturated heterocycles. The van der Waals surface area contributed by atoms with E-state index in [0.717, 1.165) is 6.08 Å². The van der Waals surface area contributed by atoms with Crippen molar-refractivity contribution in [2.24, 2.45) is 17.6 Å². The summed E-state index contributed by atoms with van der Waals surface area (Å²) in [4.78, 5) is 51.2. The van der Waals surface area contributed by atoms with Crippen molar-refractivity contribution in [1.82, 2.24) is 10.6 Å². The summed E-state index contributed by atoms with van der Waals surface area (Å²) in [5.74, 6) is 0.118. The molecule has 0 unspecified atom stereocenters. The van der Waals surface area contributed by atoms with Crippen LogP contribution in [0.1, 0.15) is 40.5 Å². The van der Waals surface area contributed by atoms with E-state index in [-0.39, 0.29) is 41.4 Å². The molecule has 228 valence electrons. The highest BCUT2D eigenvalue weighted by Crippen LogP contribution is 2.28. The average molecular weight is 584 g/mol. The van der Waals surface area contributed by atoms with Gasteiger partial charge in [-0.3, -0.25) is 14.4 Å². The fraction of sp³-hybridized carbons (Fsp3) is 0.484. The Bertz CT molecular complexity index is 1250. The second-order valence-corrected chi connectivity index (χ2v) is 10.5. The van der Waals surface area contributed by atoms with Crippen LogP contribution in [0.4, 0.5) is 4.79 Å². The molecular weight excluding hydrogens is 542 g/mol. The number of hydrogen-bond donors (Lipinski definition) is 4. The number of carbonyl (C=O) groups excluding carboxylic acids is 4. The van der Waals surface area contributed by atoms with E-state index in [9.17, 15) is 24.3 Å². The predicted octanol–water partition coefficient (Wildman–Crippen LogP) is 1.98. The first-order valence-electron chi connectivity index (χ1n) is 13.6. The number of aliphatic hydroxyl groups excluding tert-OH is 1. The number of terminal acetylenes is 1. The van der Waals surface area contributed by atoms with E-state index in [4.69, 9.17) is 26.4 Å². The summed E-state index contributed by atoms with van der Waals surface area (Å²) in [7, 11) is 2.90. The topological polar surface area (TPSA) is 166 Å². The number of nitrogens with two attached hydrogens (primary N) is 1. The van der Waals surface area contributed by atoms with Gasteiger partial charge in [0.1, 0.15) is 6.10 Å². The number of amides is 2. The Hall–Kier alpha value is -3.98. The first-order chi connectivity index (χ1) is 19.8. The Morgan fingerprint density at radius 3 is 2.50 bits per heavy atom. The number of primary amides is 1. The molecule has 2 aliphatic rings. The normalized spacial score (nSPS) is 31.5. The van der Waals surface area contributed by atoms with Gasteiger partial charge in [-0.2, -0.15) is 0 Å². The molecule has 0 radical (unpaired) electrons. The van der Waals surface area contributed by atoms with Gasteiger partial charge < -0.3 is 35.7 Å². The number of methoxy groups -OCH3 is 2. The number of rotatable bonds is 5. The van der Waals surface area contributed by atoms with Crippen molar-refractivity contribution in [3.63, 3.8) is 0 Å². The fourth-order valence-electron chi connectivity index (χ4n) is 4.92. The lowest BCUT2D eigenvalue weighted by Gasteiger charge is -2.30. The van der Waals surface area contributed by atoms with Crippen molar-refractivity contribution in [3.8, 4) is 12.3 Å². The maximum Gasteiger partial charge on any atom is 0.405 e. The second-order valence-electron chi connectivity index (χ2n) is 10.5. The summed E-state index contributed by atoms with van der Waals surface area (Å²) in [6, 6.07) is 0. The number of carbonyl (C=O) groups is 4. The molecule has 0 spiro atoms. The fourth-order valence-corrected chi connectivity index (χ4v) is 4.92. The van der Waals surface area contributed by atoms with Crippen LogP contribution in [0.2, 0.25) is 0 Å². The van der Waals surface area contributed by atoms with Crippen LogP contribution in [-0.2, 0) is 28.6 Å². The minimum Gasteiger partial charge on any atom is -0.439 e. The molecule has 1 aliphatic carbocycles. The summed E-state index contributed by atoms with van der Waals surface area (Å²) >= 11 is 0. The lowest BCUT2D eigenvalue weighted by molar-refractivity contribution is -0.120. The lowest BCUT2D eigenvalue weighted by atomic mass is 9.85. The van der Waals surface area contributed by atoms with E-state index < -0.39 is 53.9 Å². The third kappa shape index (κ3) is 9.01. The molecule has 1 heterocycles. The number of ether oxygens (including phenoxy) is 3. The van der Waals surface area contributed by atoms with Gasteiger partial charge in [-0.1, -0.05) is 44.1 Å². The molecule has 42 heavy (non-hydrogen) atoms. The van der Waals surface area contributed by atoms with Gasteiger partial charge in [0.25, 0.3) is 5.91 Å². The molecule has 0 aromatic carbocycles. The standard InChI is InChI=1S/C31H41N3O8/c1-8-12-33-26-21-13-17(2)14-25(41-7)27(36)19(4)15-20(5)29(42-31(32)39)24(40-6)11-9-10-18(3)30(38)34-22(28(21)37)16-23(26)35/h1,9-11,15-17,19,24-25,27,29,33,36H,12-14H2,2-7H3,(H2,32,39)(H,34,38)/b11-9+,18-10-,20-15+/t17-,19+,24-,25+,27-,29+/m1/s1. The number of ketones is 2. The van der Waals surface area contributed by atoms with Gasteiger partial charge in [-0.25, -0.2) is 4.79 Å². The van der Waals surface area contributed by atoms with E-state index in [1.165, 1.54) is 33.3 Å². The minimum absolute atomic E-state index is 0.0293. The van der Waals surface area contributed by atoms with E-state index in [1.807, 2.05) is 6.92 Å². The third-order valence-electron chi connectivity index (χ3n) is 7.16. The van der Waals surface area contributed by atoms with E-state index >= 15 is 0 Å². The number of Topliss-reactive ketones (excluding diaryl/α,β-unsaturated/α-hetero) is 1. The Kier molecular flexibility index (Phi) is 12.9. The molecule has 2 rings (SSSR count). The molecule has 0 aromatic rings. The quantitative estimate of drug-likeness (QED) is 0.215. The molecule has 2 amide bonds. The highest BCUT2D eigenvalue weighted by Gasteiger charge is 2.33. The number of allylic oxidation sites excluding steroid dienone is 4. The zero-order valence-electron chi connectivity index (χ0n) is 24.9. The van der Waals surface area contributed by atoms with Gasteiger partial charge >= 0.3 is 6.09 Å². The van der Waals surface area contributed by atoms with Gasteiger partial charge in [0.05, 0.1) is 30.1 Å². The Morgan fingerprint density at radius 1 is 1.21 bits per heavy atom. The van der Waals surface area contributed by atoms with E-state index in [0.29, 0.717) is 12.0 Å². The summed E-state index contributed by atoms with van der Waals surface area (Å²) < 4.78 is 16.5. The van der Waals surface area contributed by atoms with Crippen LogP contribution in [0.25, 0.3) is 0 Å². The van der Waals surface area contributed by atoms with Gasteiger partial charge in [0.2, 0.25) is 11.6 Å². The van der Waals surface area contributed by atoms with E-state index in [1.54, 1.807) is 26.0 Å². The molecule has 0 saturated carbocycles. The molecule has 2 bridgehead atoms. The Morgan fingerprint density at radius 2 is 1.90 bits per heavy atom. The molecule has 0 fully saturated rings. The van der Waals surface area contributed by atoms with Gasteiger partial charge in [0, 0.05) is 37.4 Å². The zero-order chi connectivity index (χ0) is 31.6. The zero-order valence-corrected chi connectivity index (χ0v) is 24.9. The molecular formula is C31H41N3O8. The SMILES string of the molecule is C#CCNC1=C2C[C@@H](C)C[C@H](OC)[C@H](O)[C@@H](C)/C=C(\C)[C@H](OC(N)=O)[C@H](OC)/C=C/C=C(/C)C(=O)NC(=CC1=O)C2=O. The number of fused-ring (bicyclic) bond motifs is 2. The van der Waals surface area contributed by atoms with Gasteiger partial charge in [0.15, 0.2) is 6.10 Å². The Balaban J connectivity index is 2.62. The van der Waals surface area contributed by atoms with Crippen molar-refractivity contribution in [2.45, 2.75) is 65.0 Å². The first-order valence-corrected chi connectivity index (χ1v) is 13.6. The average Bonchev–Trinajstić information content (AvgIpc) is 2.94. The van der Waals surface area contributed by atoms with Gasteiger partial charge in [-0.15, -0.1) is 6.42 Å². The lowest BCUT2D eigenvalue weighted by Crippen LogP contribution is -2.38. The molecule has 0 aromatic heterocycles.